The SMILES string of the molecule is CCCCCC1CCC(C(=O)Oc2ccc3c(F)c(Cl)ccc3c2)CC1. The molecule has 0 unspecified atom stereocenters. The minimum Gasteiger partial charge on any atom is -0.426 e. The average Bonchev–Trinajstić information content (AvgIpc) is 2.65. The van der Waals surface area contributed by atoms with E-state index in [-0.39, 0.29) is 16.9 Å². The normalized spacial score (nSPS) is 20.3. The van der Waals surface area contributed by atoms with Gasteiger partial charge in [0.1, 0.15) is 11.6 Å². The van der Waals surface area contributed by atoms with Crippen molar-refractivity contribution < 1.29 is 13.9 Å². The molecule has 0 saturated heterocycles. The lowest BCUT2D eigenvalue weighted by atomic mass is 9.80. The maximum absolute atomic E-state index is 14.0. The summed E-state index contributed by atoms with van der Waals surface area (Å²) in [5.74, 6) is 0.609. The maximum atomic E-state index is 14.0. The maximum Gasteiger partial charge on any atom is 0.314 e. The largest absolute Gasteiger partial charge is 0.426 e. The number of rotatable bonds is 6. The van der Waals surface area contributed by atoms with E-state index < -0.39 is 5.82 Å². The van der Waals surface area contributed by atoms with Crippen molar-refractivity contribution in [1.82, 2.24) is 0 Å². The molecule has 1 aliphatic rings. The lowest BCUT2D eigenvalue weighted by molar-refractivity contribution is -0.140. The van der Waals surface area contributed by atoms with Gasteiger partial charge in [-0.2, -0.15) is 0 Å². The average molecular weight is 377 g/mol. The number of halogens is 2. The third kappa shape index (κ3) is 4.56. The highest BCUT2D eigenvalue weighted by Gasteiger charge is 2.27. The summed E-state index contributed by atoms with van der Waals surface area (Å²) in [5, 5.41) is 1.21. The Bertz CT molecular complexity index is 766. The highest BCUT2D eigenvalue weighted by molar-refractivity contribution is 6.31. The molecule has 0 heterocycles. The van der Waals surface area contributed by atoms with Crippen molar-refractivity contribution in [2.75, 3.05) is 0 Å². The van der Waals surface area contributed by atoms with Crippen LogP contribution >= 0.6 is 11.6 Å². The second-order valence-corrected chi connectivity index (χ2v) is 7.79. The van der Waals surface area contributed by atoms with E-state index in [4.69, 9.17) is 16.3 Å². The van der Waals surface area contributed by atoms with Gasteiger partial charge >= 0.3 is 5.97 Å². The first-order valence-corrected chi connectivity index (χ1v) is 10.1. The first-order chi connectivity index (χ1) is 12.6. The van der Waals surface area contributed by atoms with Gasteiger partial charge in [-0.15, -0.1) is 0 Å². The summed E-state index contributed by atoms with van der Waals surface area (Å²) in [6.45, 7) is 2.22. The van der Waals surface area contributed by atoms with Crippen LogP contribution < -0.4 is 4.74 Å². The number of ether oxygens (including phenoxy) is 1. The molecule has 0 N–H and O–H groups in total. The Balaban J connectivity index is 1.57. The van der Waals surface area contributed by atoms with Gasteiger partial charge in [0.2, 0.25) is 0 Å². The Labute approximate surface area is 159 Å². The minimum atomic E-state index is -0.441. The van der Waals surface area contributed by atoms with Crippen LogP contribution in [-0.4, -0.2) is 5.97 Å². The molecule has 2 aromatic rings. The van der Waals surface area contributed by atoms with E-state index >= 15 is 0 Å². The summed E-state index contributed by atoms with van der Waals surface area (Å²) in [7, 11) is 0. The summed E-state index contributed by atoms with van der Waals surface area (Å²) < 4.78 is 19.6. The minimum absolute atomic E-state index is 0.0184. The molecule has 3 rings (SSSR count). The molecule has 4 heteroatoms. The van der Waals surface area contributed by atoms with Crippen LogP contribution in [0.25, 0.3) is 10.8 Å². The third-order valence-electron chi connectivity index (χ3n) is 5.49. The Morgan fingerprint density at radius 2 is 1.92 bits per heavy atom. The Kier molecular flexibility index (Phi) is 6.53. The number of benzene rings is 2. The van der Waals surface area contributed by atoms with E-state index in [0.717, 1.165) is 31.6 Å². The lowest BCUT2D eigenvalue weighted by Gasteiger charge is -2.27. The second-order valence-electron chi connectivity index (χ2n) is 7.38. The van der Waals surface area contributed by atoms with Gasteiger partial charge in [0, 0.05) is 5.39 Å². The standard InChI is InChI=1S/C22H26ClFO2/c1-2-3-4-5-15-6-8-16(9-7-15)22(25)26-18-11-12-19-17(14-18)10-13-20(23)21(19)24/h10-16H,2-9H2,1H3. The van der Waals surface area contributed by atoms with Gasteiger partial charge in [-0.05, 0) is 61.3 Å². The van der Waals surface area contributed by atoms with Crippen LogP contribution in [-0.2, 0) is 4.79 Å². The van der Waals surface area contributed by atoms with Crippen LogP contribution in [0.5, 0.6) is 5.75 Å². The van der Waals surface area contributed by atoms with Crippen molar-refractivity contribution >= 4 is 28.3 Å². The van der Waals surface area contributed by atoms with Crippen molar-refractivity contribution in [2.45, 2.75) is 58.3 Å². The number of fused-ring (bicyclic) bond motifs is 1. The number of hydrogen-bond acceptors (Lipinski definition) is 2. The summed E-state index contributed by atoms with van der Waals surface area (Å²) in [6, 6.07) is 8.20. The van der Waals surface area contributed by atoms with Gasteiger partial charge in [-0.3, -0.25) is 4.79 Å². The Morgan fingerprint density at radius 3 is 2.65 bits per heavy atom. The van der Waals surface area contributed by atoms with E-state index in [2.05, 4.69) is 6.92 Å². The van der Waals surface area contributed by atoms with Crippen molar-refractivity contribution in [2.24, 2.45) is 11.8 Å². The van der Waals surface area contributed by atoms with Crippen LogP contribution in [0.15, 0.2) is 30.3 Å². The first-order valence-electron chi connectivity index (χ1n) is 9.68. The smallest absolute Gasteiger partial charge is 0.314 e. The Morgan fingerprint density at radius 1 is 1.15 bits per heavy atom. The molecule has 2 nitrogen and oxygen atoms in total. The second kappa shape index (κ2) is 8.85. The molecule has 140 valence electrons. The predicted octanol–water partition coefficient (Wildman–Crippen LogP) is 6.92. The molecule has 0 bridgehead atoms. The summed E-state index contributed by atoms with van der Waals surface area (Å²) >= 11 is 5.80. The molecule has 0 aromatic heterocycles. The molecule has 0 aliphatic heterocycles. The molecule has 1 fully saturated rings. The van der Waals surface area contributed by atoms with Crippen LogP contribution in [0.3, 0.4) is 0 Å². The molecule has 0 atom stereocenters. The molecule has 26 heavy (non-hydrogen) atoms. The van der Waals surface area contributed by atoms with Crippen LogP contribution in [0.2, 0.25) is 5.02 Å². The van der Waals surface area contributed by atoms with Gasteiger partial charge in [0.15, 0.2) is 0 Å². The lowest BCUT2D eigenvalue weighted by Crippen LogP contribution is -2.25. The molecule has 2 aromatic carbocycles. The fourth-order valence-corrected chi connectivity index (χ4v) is 4.04. The fraction of sp³-hybridized carbons (Fsp3) is 0.500. The summed E-state index contributed by atoms with van der Waals surface area (Å²) in [5.41, 5.74) is 0. The van der Waals surface area contributed by atoms with Crippen molar-refractivity contribution in [3.8, 4) is 5.75 Å². The van der Waals surface area contributed by atoms with Crippen molar-refractivity contribution in [1.29, 1.82) is 0 Å². The molecular weight excluding hydrogens is 351 g/mol. The quantitative estimate of drug-likeness (QED) is 0.310. The molecule has 1 aliphatic carbocycles. The fourth-order valence-electron chi connectivity index (χ4n) is 3.88. The van der Waals surface area contributed by atoms with E-state index in [1.165, 1.54) is 31.7 Å². The van der Waals surface area contributed by atoms with Gasteiger partial charge in [0.05, 0.1) is 10.9 Å². The third-order valence-corrected chi connectivity index (χ3v) is 5.78. The zero-order valence-corrected chi connectivity index (χ0v) is 16.0. The number of esters is 1. The molecule has 0 spiro atoms. The number of carbonyl (C=O) groups excluding carboxylic acids is 1. The highest BCUT2D eigenvalue weighted by Crippen LogP contribution is 2.33. The zero-order chi connectivity index (χ0) is 18.5. The monoisotopic (exact) mass is 376 g/mol. The zero-order valence-electron chi connectivity index (χ0n) is 15.3. The Hall–Kier alpha value is -1.61. The highest BCUT2D eigenvalue weighted by atomic mass is 35.5. The topological polar surface area (TPSA) is 26.3 Å². The number of unbranched alkanes of at least 4 members (excludes halogenated alkanes) is 2. The van der Waals surface area contributed by atoms with Gasteiger partial charge < -0.3 is 4.74 Å². The predicted molar refractivity (Wildman–Crippen MR) is 104 cm³/mol. The first kappa shape index (κ1) is 19.2. The van der Waals surface area contributed by atoms with Crippen LogP contribution in [0.1, 0.15) is 58.3 Å². The van der Waals surface area contributed by atoms with Crippen molar-refractivity contribution in [3.63, 3.8) is 0 Å². The molecular formula is C22H26ClFO2. The summed E-state index contributed by atoms with van der Waals surface area (Å²) in [6.07, 6.45) is 9.19. The summed E-state index contributed by atoms with van der Waals surface area (Å²) in [4.78, 5) is 12.5. The van der Waals surface area contributed by atoms with Gasteiger partial charge in [-0.25, -0.2) is 4.39 Å². The van der Waals surface area contributed by atoms with Crippen LogP contribution in [0.4, 0.5) is 4.39 Å². The van der Waals surface area contributed by atoms with Gasteiger partial charge in [-0.1, -0.05) is 50.3 Å². The van der Waals surface area contributed by atoms with Crippen molar-refractivity contribution in [3.05, 3.63) is 41.2 Å². The van der Waals surface area contributed by atoms with E-state index in [9.17, 15) is 9.18 Å². The molecule has 1 saturated carbocycles. The number of hydrogen-bond donors (Lipinski definition) is 0. The van der Waals surface area contributed by atoms with E-state index in [0.29, 0.717) is 16.5 Å². The van der Waals surface area contributed by atoms with E-state index in [1.54, 1.807) is 24.3 Å². The number of carbonyl (C=O) groups is 1. The van der Waals surface area contributed by atoms with Gasteiger partial charge in [0.25, 0.3) is 0 Å². The van der Waals surface area contributed by atoms with Crippen LogP contribution in [0, 0.1) is 17.7 Å². The van der Waals surface area contributed by atoms with E-state index in [1.807, 2.05) is 0 Å². The molecule has 0 radical (unpaired) electrons. The molecule has 0 amide bonds.